The molecule has 1 nitrogen and oxygen atoms in total. The third kappa shape index (κ3) is 1.66. The Hall–Kier alpha value is -0.0400. The Labute approximate surface area is 76.9 Å². The van der Waals surface area contributed by atoms with E-state index in [1.807, 2.05) is 0 Å². The minimum atomic E-state index is 0.495. The van der Waals surface area contributed by atoms with Gasteiger partial charge in [0.2, 0.25) is 0 Å². The lowest BCUT2D eigenvalue weighted by atomic mass is 9.85. The molecule has 0 saturated heterocycles. The molecule has 0 heterocycles. The van der Waals surface area contributed by atoms with E-state index in [2.05, 4.69) is 39.9 Å². The van der Waals surface area contributed by atoms with Crippen molar-refractivity contribution in [1.82, 2.24) is 5.32 Å². The predicted molar refractivity (Wildman–Crippen MR) is 54.2 cm³/mol. The number of hydrogen-bond donors (Lipinski definition) is 1. The SMILES string of the molecule is CCNC1C(C)C(C)CC1(C)C. The maximum Gasteiger partial charge on any atom is 0.0146 e. The molecular formula is C11H23N. The van der Waals surface area contributed by atoms with Crippen molar-refractivity contribution in [2.24, 2.45) is 17.3 Å². The van der Waals surface area contributed by atoms with E-state index in [0.717, 1.165) is 24.4 Å². The van der Waals surface area contributed by atoms with Crippen molar-refractivity contribution in [2.45, 2.75) is 47.1 Å². The topological polar surface area (TPSA) is 12.0 Å². The fraction of sp³-hybridized carbons (Fsp3) is 1.00. The lowest BCUT2D eigenvalue weighted by Gasteiger charge is -2.30. The van der Waals surface area contributed by atoms with E-state index >= 15 is 0 Å². The van der Waals surface area contributed by atoms with Gasteiger partial charge in [0.05, 0.1) is 0 Å². The Morgan fingerprint density at radius 3 is 2.25 bits per heavy atom. The summed E-state index contributed by atoms with van der Waals surface area (Å²) in [4.78, 5) is 0. The number of nitrogens with one attached hydrogen (secondary N) is 1. The van der Waals surface area contributed by atoms with Crippen LogP contribution in [0.25, 0.3) is 0 Å². The second-order valence-corrected chi connectivity index (χ2v) is 5.06. The molecule has 0 aromatic carbocycles. The molecule has 3 unspecified atom stereocenters. The molecule has 1 saturated carbocycles. The summed E-state index contributed by atoms with van der Waals surface area (Å²) in [5.41, 5.74) is 0.495. The van der Waals surface area contributed by atoms with Gasteiger partial charge in [0.15, 0.2) is 0 Å². The highest BCUT2D eigenvalue weighted by molar-refractivity contribution is 4.97. The summed E-state index contributed by atoms with van der Waals surface area (Å²) in [5.74, 6) is 1.71. The van der Waals surface area contributed by atoms with E-state index in [1.165, 1.54) is 6.42 Å². The Bertz CT molecular complexity index is 151. The minimum Gasteiger partial charge on any atom is -0.313 e. The standard InChI is InChI=1S/C11H23N/c1-6-12-10-9(3)8(2)7-11(10,4)5/h8-10,12H,6-7H2,1-5H3. The Kier molecular flexibility index (Phi) is 2.82. The van der Waals surface area contributed by atoms with Crippen molar-refractivity contribution >= 4 is 0 Å². The quantitative estimate of drug-likeness (QED) is 0.670. The summed E-state index contributed by atoms with van der Waals surface area (Å²) >= 11 is 0. The van der Waals surface area contributed by atoms with Crippen molar-refractivity contribution in [2.75, 3.05) is 6.54 Å². The summed E-state index contributed by atoms with van der Waals surface area (Å²) < 4.78 is 0. The van der Waals surface area contributed by atoms with Crippen LogP contribution in [-0.4, -0.2) is 12.6 Å². The van der Waals surface area contributed by atoms with E-state index in [-0.39, 0.29) is 0 Å². The summed E-state index contributed by atoms with van der Waals surface area (Å²) in [5, 5.41) is 3.61. The van der Waals surface area contributed by atoms with Crippen LogP contribution in [0.3, 0.4) is 0 Å². The van der Waals surface area contributed by atoms with Crippen LogP contribution in [0, 0.1) is 17.3 Å². The molecule has 1 N–H and O–H groups in total. The zero-order chi connectivity index (χ0) is 9.35. The van der Waals surface area contributed by atoms with E-state index in [4.69, 9.17) is 0 Å². The van der Waals surface area contributed by atoms with Gasteiger partial charge in [-0.3, -0.25) is 0 Å². The van der Waals surface area contributed by atoms with Crippen molar-refractivity contribution in [3.63, 3.8) is 0 Å². The molecule has 0 aromatic rings. The molecule has 12 heavy (non-hydrogen) atoms. The van der Waals surface area contributed by atoms with Crippen molar-refractivity contribution in [3.8, 4) is 0 Å². The van der Waals surface area contributed by atoms with Gasteiger partial charge in [0.1, 0.15) is 0 Å². The first-order chi connectivity index (χ1) is 5.49. The molecular weight excluding hydrogens is 146 g/mol. The third-order valence-electron chi connectivity index (χ3n) is 3.54. The lowest BCUT2D eigenvalue weighted by Crippen LogP contribution is -2.41. The van der Waals surface area contributed by atoms with Crippen LogP contribution < -0.4 is 5.32 Å². The van der Waals surface area contributed by atoms with Crippen LogP contribution in [0.15, 0.2) is 0 Å². The summed E-state index contributed by atoms with van der Waals surface area (Å²) in [6.07, 6.45) is 1.37. The van der Waals surface area contributed by atoms with Gasteiger partial charge in [-0.2, -0.15) is 0 Å². The van der Waals surface area contributed by atoms with Gasteiger partial charge < -0.3 is 5.32 Å². The van der Waals surface area contributed by atoms with Gasteiger partial charge in [0.25, 0.3) is 0 Å². The lowest BCUT2D eigenvalue weighted by molar-refractivity contribution is 0.259. The van der Waals surface area contributed by atoms with Crippen LogP contribution >= 0.6 is 0 Å². The highest BCUT2D eigenvalue weighted by Crippen LogP contribution is 2.44. The molecule has 1 aliphatic carbocycles. The van der Waals surface area contributed by atoms with Crippen LogP contribution in [0.4, 0.5) is 0 Å². The van der Waals surface area contributed by atoms with Gasteiger partial charge in [-0.05, 0) is 30.2 Å². The Morgan fingerprint density at radius 1 is 1.33 bits per heavy atom. The zero-order valence-corrected chi connectivity index (χ0v) is 9.15. The Balaban J connectivity index is 2.67. The average Bonchev–Trinajstić information content (AvgIpc) is 2.13. The molecule has 0 amide bonds. The molecule has 0 spiro atoms. The van der Waals surface area contributed by atoms with E-state index in [0.29, 0.717) is 5.41 Å². The highest BCUT2D eigenvalue weighted by atomic mass is 14.9. The molecule has 0 radical (unpaired) electrons. The monoisotopic (exact) mass is 169 g/mol. The molecule has 0 aliphatic heterocycles. The first-order valence-electron chi connectivity index (χ1n) is 5.22. The van der Waals surface area contributed by atoms with Crippen LogP contribution in [0.1, 0.15) is 41.0 Å². The molecule has 1 aliphatic rings. The van der Waals surface area contributed by atoms with Crippen LogP contribution in [0.2, 0.25) is 0 Å². The molecule has 0 aromatic heterocycles. The zero-order valence-electron chi connectivity index (χ0n) is 9.15. The van der Waals surface area contributed by atoms with Crippen LogP contribution in [-0.2, 0) is 0 Å². The van der Waals surface area contributed by atoms with Gasteiger partial charge in [-0.1, -0.05) is 34.6 Å². The molecule has 3 atom stereocenters. The highest BCUT2D eigenvalue weighted by Gasteiger charge is 2.43. The first kappa shape index (κ1) is 10.0. The largest absolute Gasteiger partial charge is 0.313 e. The maximum atomic E-state index is 3.61. The smallest absolute Gasteiger partial charge is 0.0146 e. The fourth-order valence-corrected chi connectivity index (χ4v) is 2.87. The van der Waals surface area contributed by atoms with E-state index in [1.54, 1.807) is 0 Å². The number of hydrogen-bond acceptors (Lipinski definition) is 1. The van der Waals surface area contributed by atoms with Gasteiger partial charge in [-0.25, -0.2) is 0 Å². The first-order valence-corrected chi connectivity index (χ1v) is 5.22. The average molecular weight is 169 g/mol. The van der Waals surface area contributed by atoms with E-state index in [9.17, 15) is 0 Å². The Morgan fingerprint density at radius 2 is 1.92 bits per heavy atom. The summed E-state index contributed by atoms with van der Waals surface area (Å²) in [6, 6.07) is 0.720. The molecule has 0 bridgehead atoms. The van der Waals surface area contributed by atoms with Crippen molar-refractivity contribution in [1.29, 1.82) is 0 Å². The molecule has 72 valence electrons. The van der Waals surface area contributed by atoms with E-state index < -0.39 is 0 Å². The molecule has 1 heteroatoms. The minimum absolute atomic E-state index is 0.495. The van der Waals surface area contributed by atoms with Gasteiger partial charge >= 0.3 is 0 Å². The summed E-state index contributed by atoms with van der Waals surface area (Å²) in [7, 11) is 0. The molecule has 1 fully saturated rings. The number of rotatable bonds is 2. The van der Waals surface area contributed by atoms with Crippen molar-refractivity contribution < 1.29 is 0 Å². The molecule has 1 rings (SSSR count). The fourth-order valence-electron chi connectivity index (χ4n) is 2.87. The normalized spacial score (nSPS) is 40.2. The maximum absolute atomic E-state index is 3.61. The summed E-state index contributed by atoms with van der Waals surface area (Å²) in [6.45, 7) is 12.8. The van der Waals surface area contributed by atoms with Crippen molar-refractivity contribution in [3.05, 3.63) is 0 Å². The second-order valence-electron chi connectivity index (χ2n) is 5.06. The van der Waals surface area contributed by atoms with Gasteiger partial charge in [-0.15, -0.1) is 0 Å². The van der Waals surface area contributed by atoms with Gasteiger partial charge in [0, 0.05) is 6.04 Å². The van der Waals surface area contributed by atoms with Crippen LogP contribution in [0.5, 0.6) is 0 Å². The second kappa shape index (κ2) is 3.37. The predicted octanol–water partition coefficient (Wildman–Crippen LogP) is 2.67. The third-order valence-corrected chi connectivity index (χ3v) is 3.54.